The van der Waals surface area contributed by atoms with E-state index in [-0.39, 0.29) is 5.25 Å². The van der Waals surface area contributed by atoms with Crippen LogP contribution in [0.1, 0.15) is 29.4 Å². The summed E-state index contributed by atoms with van der Waals surface area (Å²) in [5.41, 5.74) is 2.05. The van der Waals surface area contributed by atoms with Crippen molar-refractivity contribution in [3.63, 3.8) is 0 Å². The predicted octanol–water partition coefficient (Wildman–Crippen LogP) is 3.53. The number of nitrogens with zero attached hydrogens (tertiary/aromatic N) is 6. The van der Waals surface area contributed by atoms with Crippen molar-refractivity contribution in [2.75, 3.05) is 0 Å². The zero-order chi connectivity index (χ0) is 17.9. The summed E-state index contributed by atoms with van der Waals surface area (Å²) in [6.45, 7) is 4.47. The second-order valence-corrected chi connectivity index (χ2v) is 7.08. The molecule has 1 aromatic carbocycles. The Labute approximate surface area is 153 Å². The number of furan rings is 1. The number of hydrogen-bond acceptors (Lipinski definition) is 8. The van der Waals surface area contributed by atoms with Crippen LogP contribution in [0.15, 0.2) is 56.7 Å². The summed E-state index contributed by atoms with van der Waals surface area (Å²) in [5.74, 6) is 1.82. The number of rotatable bonds is 6. The van der Waals surface area contributed by atoms with Crippen molar-refractivity contribution in [1.82, 2.24) is 30.4 Å². The summed E-state index contributed by atoms with van der Waals surface area (Å²) in [7, 11) is 0. The van der Waals surface area contributed by atoms with E-state index in [1.807, 2.05) is 50.2 Å². The Hall–Kier alpha value is -2.94. The van der Waals surface area contributed by atoms with Crippen molar-refractivity contribution in [2.24, 2.45) is 0 Å². The van der Waals surface area contributed by atoms with Gasteiger partial charge in [0.2, 0.25) is 16.9 Å². The van der Waals surface area contributed by atoms with Gasteiger partial charge in [-0.05, 0) is 48.5 Å². The molecule has 4 aromatic rings. The van der Waals surface area contributed by atoms with E-state index in [2.05, 4.69) is 25.7 Å². The lowest BCUT2D eigenvalue weighted by Crippen LogP contribution is -2.04. The summed E-state index contributed by atoms with van der Waals surface area (Å²) in [6.07, 6.45) is 1.63. The lowest BCUT2D eigenvalue weighted by Gasteiger charge is -2.06. The van der Waals surface area contributed by atoms with Gasteiger partial charge in [0.1, 0.15) is 12.3 Å². The zero-order valence-electron chi connectivity index (χ0n) is 14.2. The lowest BCUT2D eigenvalue weighted by atomic mass is 10.1. The van der Waals surface area contributed by atoms with Crippen LogP contribution in [-0.2, 0) is 6.54 Å². The number of benzene rings is 1. The molecule has 4 rings (SSSR count). The summed E-state index contributed by atoms with van der Waals surface area (Å²) in [4.78, 5) is 0. The average Bonchev–Trinajstić information content (AvgIpc) is 3.37. The van der Waals surface area contributed by atoms with E-state index in [9.17, 15) is 0 Å². The minimum Gasteiger partial charge on any atom is -0.467 e. The summed E-state index contributed by atoms with van der Waals surface area (Å²) in [5, 5.41) is 20.7. The van der Waals surface area contributed by atoms with Crippen molar-refractivity contribution in [2.45, 2.75) is 30.8 Å². The highest BCUT2D eigenvalue weighted by molar-refractivity contribution is 7.99. The first kappa shape index (κ1) is 16.5. The third kappa shape index (κ3) is 3.52. The Bertz CT molecular complexity index is 994. The molecule has 3 aromatic heterocycles. The standard InChI is InChI=1S/C17H16N6O2S/c1-11-5-3-6-13(9-11)16-19-18-15(25-16)12(2)26-17-20-21-22-23(17)10-14-7-4-8-24-14/h3-9,12H,10H2,1-2H3. The van der Waals surface area contributed by atoms with Crippen LogP contribution < -0.4 is 0 Å². The van der Waals surface area contributed by atoms with Crippen molar-refractivity contribution in [1.29, 1.82) is 0 Å². The fourth-order valence-electron chi connectivity index (χ4n) is 2.43. The molecule has 0 bridgehead atoms. The monoisotopic (exact) mass is 368 g/mol. The Morgan fingerprint density at radius 3 is 2.88 bits per heavy atom. The molecule has 0 spiro atoms. The van der Waals surface area contributed by atoms with E-state index < -0.39 is 0 Å². The average molecular weight is 368 g/mol. The largest absolute Gasteiger partial charge is 0.467 e. The van der Waals surface area contributed by atoms with Crippen molar-refractivity contribution in [3.8, 4) is 11.5 Å². The van der Waals surface area contributed by atoms with Gasteiger partial charge in [0, 0.05) is 5.56 Å². The summed E-state index contributed by atoms with van der Waals surface area (Å²) < 4.78 is 12.9. The minimum absolute atomic E-state index is 0.0950. The summed E-state index contributed by atoms with van der Waals surface area (Å²) in [6, 6.07) is 11.7. The Kier molecular flexibility index (Phi) is 4.53. The minimum atomic E-state index is -0.0950. The van der Waals surface area contributed by atoms with Gasteiger partial charge < -0.3 is 8.83 Å². The van der Waals surface area contributed by atoms with E-state index in [0.717, 1.165) is 16.9 Å². The molecule has 0 N–H and O–H groups in total. The molecule has 0 saturated carbocycles. The van der Waals surface area contributed by atoms with Crippen molar-refractivity contribution < 1.29 is 8.83 Å². The number of hydrogen-bond donors (Lipinski definition) is 0. The molecule has 8 nitrogen and oxygen atoms in total. The van der Waals surface area contributed by atoms with Crippen LogP contribution in [-0.4, -0.2) is 30.4 Å². The van der Waals surface area contributed by atoms with E-state index in [1.54, 1.807) is 10.9 Å². The maximum atomic E-state index is 5.84. The third-order valence-electron chi connectivity index (χ3n) is 3.72. The van der Waals surface area contributed by atoms with Crippen molar-refractivity contribution >= 4 is 11.8 Å². The van der Waals surface area contributed by atoms with Crippen molar-refractivity contribution in [3.05, 3.63) is 59.9 Å². The Morgan fingerprint density at radius 2 is 2.08 bits per heavy atom. The first-order chi connectivity index (χ1) is 12.7. The molecule has 3 heterocycles. The van der Waals surface area contributed by atoms with Crippen LogP contribution in [0.4, 0.5) is 0 Å². The molecule has 26 heavy (non-hydrogen) atoms. The molecule has 0 radical (unpaired) electrons. The van der Waals surface area contributed by atoms with Gasteiger partial charge in [-0.1, -0.05) is 29.5 Å². The first-order valence-corrected chi connectivity index (χ1v) is 8.92. The van der Waals surface area contributed by atoms with Crippen LogP contribution >= 0.6 is 11.8 Å². The van der Waals surface area contributed by atoms with Gasteiger partial charge in [-0.15, -0.1) is 15.3 Å². The zero-order valence-corrected chi connectivity index (χ0v) is 15.1. The maximum absolute atomic E-state index is 5.84. The topological polar surface area (TPSA) is 95.7 Å². The maximum Gasteiger partial charge on any atom is 0.247 e. The molecular weight excluding hydrogens is 352 g/mol. The van der Waals surface area contributed by atoms with Gasteiger partial charge in [-0.3, -0.25) is 0 Å². The molecule has 0 fully saturated rings. The SMILES string of the molecule is Cc1cccc(-c2nnc(C(C)Sc3nnnn3Cc3ccco3)o2)c1. The lowest BCUT2D eigenvalue weighted by molar-refractivity contribution is 0.462. The number of tetrazole rings is 1. The smallest absolute Gasteiger partial charge is 0.247 e. The van der Waals surface area contributed by atoms with E-state index >= 15 is 0 Å². The van der Waals surface area contributed by atoms with E-state index in [1.165, 1.54) is 11.8 Å². The highest BCUT2D eigenvalue weighted by Gasteiger charge is 2.20. The summed E-state index contributed by atoms with van der Waals surface area (Å²) >= 11 is 1.45. The second kappa shape index (κ2) is 7.12. The van der Waals surface area contributed by atoms with Gasteiger partial charge in [-0.25, -0.2) is 4.68 Å². The van der Waals surface area contributed by atoms with E-state index in [4.69, 9.17) is 8.83 Å². The Morgan fingerprint density at radius 1 is 1.15 bits per heavy atom. The fraction of sp³-hybridized carbons (Fsp3) is 0.235. The normalized spacial score (nSPS) is 12.4. The molecule has 0 aliphatic rings. The molecule has 9 heteroatoms. The van der Waals surface area contributed by atoms with Gasteiger partial charge in [0.05, 0.1) is 11.5 Å². The van der Waals surface area contributed by atoms with Gasteiger partial charge in [0.25, 0.3) is 0 Å². The highest BCUT2D eigenvalue weighted by atomic mass is 32.2. The van der Waals surface area contributed by atoms with Gasteiger partial charge in [-0.2, -0.15) is 0 Å². The van der Waals surface area contributed by atoms with Gasteiger partial charge >= 0.3 is 0 Å². The third-order valence-corrected chi connectivity index (χ3v) is 4.78. The molecule has 1 atom stereocenters. The van der Waals surface area contributed by atoms with Crippen LogP contribution in [0, 0.1) is 6.92 Å². The predicted molar refractivity (Wildman–Crippen MR) is 94.4 cm³/mol. The van der Waals surface area contributed by atoms with Crippen LogP contribution in [0.3, 0.4) is 0 Å². The molecule has 132 valence electrons. The number of aryl methyl sites for hydroxylation is 1. The number of thioether (sulfide) groups is 1. The van der Waals surface area contributed by atoms with Crippen LogP contribution in [0.2, 0.25) is 0 Å². The highest BCUT2D eigenvalue weighted by Crippen LogP contribution is 2.34. The van der Waals surface area contributed by atoms with Crippen LogP contribution in [0.25, 0.3) is 11.5 Å². The molecule has 0 amide bonds. The van der Waals surface area contributed by atoms with Gasteiger partial charge in [0.15, 0.2) is 0 Å². The molecular formula is C17H16N6O2S. The molecule has 0 saturated heterocycles. The second-order valence-electron chi connectivity index (χ2n) is 5.77. The Balaban J connectivity index is 1.49. The number of aromatic nitrogens is 6. The molecule has 1 unspecified atom stereocenters. The molecule has 0 aliphatic carbocycles. The van der Waals surface area contributed by atoms with E-state index in [0.29, 0.717) is 23.5 Å². The van der Waals surface area contributed by atoms with Crippen LogP contribution in [0.5, 0.6) is 0 Å². The fourth-order valence-corrected chi connectivity index (χ4v) is 3.25. The molecule has 0 aliphatic heterocycles. The quantitative estimate of drug-likeness (QED) is 0.477. The first-order valence-electron chi connectivity index (χ1n) is 8.04.